The van der Waals surface area contributed by atoms with Gasteiger partial charge in [0.1, 0.15) is 22.8 Å². The molecule has 7 heteroatoms. The van der Waals surface area contributed by atoms with Crippen molar-refractivity contribution < 1.29 is 24.2 Å². The highest BCUT2D eigenvalue weighted by Gasteiger charge is 2.19. The van der Waals surface area contributed by atoms with Gasteiger partial charge in [0.25, 0.3) is 11.8 Å². The van der Waals surface area contributed by atoms with E-state index in [4.69, 9.17) is 9.47 Å². The minimum absolute atomic E-state index is 0.0577. The summed E-state index contributed by atoms with van der Waals surface area (Å²) in [5.41, 5.74) is 5.30. The van der Waals surface area contributed by atoms with E-state index in [0.717, 1.165) is 0 Å². The van der Waals surface area contributed by atoms with Crippen molar-refractivity contribution in [2.75, 3.05) is 14.2 Å². The van der Waals surface area contributed by atoms with Crippen molar-refractivity contribution in [3.05, 3.63) is 53.1 Å². The first kappa shape index (κ1) is 17.1. The molecule has 0 spiro atoms. The highest BCUT2D eigenvalue weighted by molar-refractivity contribution is 6.03. The zero-order valence-corrected chi connectivity index (χ0v) is 13.5. The minimum atomic E-state index is -0.640. The fraction of sp³-hybridized carbons (Fsp3) is 0.176. The van der Waals surface area contributed by atoms with Crippen LogP contribution in [0.5, 0.6) is 17.2 Å². The average molecular weight is 330 g/mol. The van der Waals surface area contributed by atoms with Gasteiger partial charge in [-0.2, -0.15) is 0 Å². The number of phenols is 1. The summed E-state index contributed by atoms with van der Waals surface area (Å²) in [4.78, 5) is 24.5. The van der Waals surface area contributed by atoms with E-state index in [2.05, 4.69) is 10.9 Å². The second-order valence-electron chi connectivity index (χ2n) is 4.92. The molecule has 0 unspecified atom stereocenters. The molecule has 0 atom stereocenters. The molecule has 2 amide bonds. The van der Waals surface area contributed by atoms with Crippen molar-refractivity contribution >= 4 is 11.8 Å². The molecule has 3 N–H and O–H groups in total. The number of carbonyl (C=O) groups is 2. The first-order valence-corrected chi connectivity index (χ1v) is 7.09. The van der Waals surface area contributed by atoms with Crippen molar-refractivity contribution in [1.29, 1.82) is 0 Å². The largest absolute Gasteiger partial charge is 0.507 e. The van der Waals surface area contributed by atoms with Gasteiger partial charge >= 0.3 is 0 Å². The number of phenolic OH excluding ortho intramolecular Hbond substituents is 1. The van der Waals surface area contributed by atoms with Crippen LogP contribution in [0, 0.1) is 6.92 Å². The SMILES string of the molecule is COc1cccc(OC)c1C(=O)NNC(=O)c1cccc(C)c1O. The van der Waals surface area contributed by atoms with Crippen LogP contribution in [0.25, 0.3) is 0 Å². The lowest BCUT2D eigenvalue weighted by Crippen LogP contribution is -2.41. The lowest BCUT2D eigenvalue weighted by Gasteiger charge is -2.14. The third-order valence-corrected chi connectivity index (χ3v) is 3.43. The summed E-state index contributed by atoms with van der Waals surface area (Å²) in [7, 11) is 2.85. The first-order valence-electron chi connectivity index (χ1n) is 7.09. The molecule has 2 aromatic carbocycles. The number of para-hydroxylation sites is 1. The number of ether oxygens (including phenoxy) is 2. The van der Waals surface area contributed by atoms with Crippen molar-refractivity contribution in [1.82, 2.24) is 10.9 Å². The van der Waals surface area contributed by atoms with Crippen molar-refractivity contribution in [2.24, 2.45) is 0 Å². The first-order chi connectivity index (χ1) is 11.5. The molecule has 2 rings (SSSR count). The van der Waals surface area contributed by atoms with Crippen LogP contribution in [0.1, 0.15) is 26.3 Å². The molecular weight excluding hydrogens is 312 g/mol. The van der Waals surface area contributed by atoms with Gasteiger partial charge in [-0.3, -0.25) is 20.4 Å². The molecule has 0 aliphatic carbocycles. The van der Waals surface area contributed by atoms with Crippen LogP contribution in [0.3, 0.4) is 0 Å². The summed E-state index contributed by atoms with van der Waals surface area (Å²) in [5.74, 6) is -0.777. The van der Waals surface area contributed by atoms with Crippen molar-refractivity contribution in [2.45, 2.75) is 6.92 Å². The molecule has 0 aliphatic heterocycles. The lowest BCUT2D eigenvalue weighted by atomic mass is 10.1. The number of carbonyl (C=O) groups excluding carboxylic acids is 2. The molecule has 126 valence electrons. The van der Waals surface area contributed by atoms with E-state index >= 15 is 0 Å². The Morgan fingerprint density at radius 1 is 0.917 bits per heavy atom. The van der Waals surface area contributed by atoms with Gasteiger partial charge in [0.15, 0.2) is 0 Å². The zero-order chi connectivity index (χ0) is 17.7. The van der Waals surface area contributed by atoms with Crippen LogP contribution in [-0.2, 0) is 0 Å². The topological polar surface area (TPSA) is 96.9 Å². The summed E-state index contributed by atoms with van der Waals surface area (Å²) in [6.07, 6.45) is 0. The number of hydrogen-bond acceptors (Lipinski definition) is 5. The number of amides is 2. The fourth-order valence-electron chi connectivity index (χ4n) is 2.16. The molecule has 0 bridgehead atoms. The molecular formula is C17H18N2O5. The third-order valence-electron chi connectivity index (χ3n) is 3.43. The number of nitrogens with one attached hydrogen (secondary N) is 2. The molecule has 0 saturated heterocycles. The van der Waals surface area contributed by atoms with Gasteiger partial charge in [-0.1, -0.05) is 18.2 Å². The summed E-state index contributed by atoms with van der Waals surface area (Å²) in [5, 5.41) is 9.90. The summed E-state index contributed by atoms with van der Waals surface area (Å²) < 4.78 is 10.3. The summed E-state index contributed by atoms with van der Waals surface area (Å²) >= 11 is 0. The summed E-state index contributed by atoms with van der Waals surface area (Å²) in [6, 6.07) is 9.64. The Bertz CT molecular complexity index is 751. The van der Waals surface area contributed by atoms with Crippen LogP contribution < -0.4 is 20.3 Å². The third kappa shape index (κ3) is 3.40. The fourth-order valence-corrected chi connectivity index (χ4v) is 2.16. The van der Waals surface area contributed by atoms with E-state index in [-0.39, 0.29) is 16.9 Å². The van der Waals surface area contributed by atoms with E-state index in [0.29, 0.717) is 17.1 Å². The second-order valence-corrected chi connectivity index (χ2v) is 4.92. The van der Waals surface area contributed by atoms with E-state index in [9.17, 15) is 14.7 Å². The van der Waals surface area contributed by atoms with Crippen LogP contribution in [-0.4, -0.2) is 31.1 Å². The number of rotatable bonds is 4. The molecule has 0 saturated carbocycles. The highest BCUT2D eigenvalue weighted by atomic mass is 16.5. The Labute approximate surface area is 139 Å². The molecule has 0 aliphatic rings. The van der Waals surface area contributed by atoms with E-state index in [1.165, 1.54) is 20.3 Å². The van der Waals surface area contributed by atoms with Gasteiger partial charge in [0.2, 0.25) is 0 Å². The smallest absolute Gasteiger partial charge is 0.277 e. The van der Waals surface area contributed by atoms with Gasteiger partial charge in [-0.25, -0.2) is 0 Å². The quantitative estimate of drug-likeness (QED) is 0.743. The predicted octanol–water partition coefficient (Wildman–Crippen LogP) is 1.79. The van der Waals surface area contributed by atoms with E-state index in [1.54, 1.807) is 37.3 Å². The van der Waals surface area contributed by atoms with Gasteiger partial charge in [-0.15, -0.1) is 0 Å². The molecule has 2 aromatic rings. The van der Waals surface area contributed by atoms with Gasteiger partial charge < -0.3 is 14.6 Å². The van der Waals surface area contributed by atoms with Gasteiger partial charge in [0.05, 0.1) is 19.8 Å². The molecule has 0 fully saturated rings. The van der Waals surface area contributed by atoms with E-state index < -0.39 is 11.8 Å². The van der Waals surface area contributed by atoms with Crippen molar-refractivity contribution in [3.8, 4) is 17.2 Å². The maximum atomic E-state index is 12.3. The number of hydrazine groups is 1. The van der Waals surface area contributed by atoms with Crippen LogP contribution in [0.15, 0.2) is 36.4 Å². The van der Waals surface area contributed by atoms with E-state index in [1.807, 2.05) is 0 Å². The molecule has 7 nitrogen and oxygen atoms in total. The normalized spacial score (nSPS) is 9.96. The maximum absolute atomic E-state index is 12.3. The number of aromatic hydroxyl groups is 1. The molecule has 0 radical (unpaired) electrons. The Balaban J connectivity index is 2.17. The number of benzene rings is 2. The van der Waals surface area contributed by atoms with Crippen LogP contribution in [0.4, 0.5) is 0 Å². The Kier molecular flexibility index (Phi) is 5.26. The second kappa shape index (κ2) is 7.36. The number of hydrogen-bond donors (Lipinski definition) is 3. The zero-order valence-electron chi connectivity index (χ0n) is 13.5. The predicted molar refractivity (Wildman–Crippen MR) is 87.3 cm³/mol. The number of methoxy groups -OCH3 is 2. The molecule has 0 aromatic heterocycles. The Hall–Kier alpha value is -3.22. The number of aryl methyl sites for hydroxylation is 1. The van der Waals surface area contributed by atoms with Crippen molar-refractivity contribution in [3.63, 3.8) is 0 Å². The van der Waals surface area contributed by atoms with Gasteiger partial charge in [0, 0.05) is 0 Å². The highest BCUT2D eigenvalue weighted by Crippen LogP contribution is 2.27. The standard InChI is InChI=1S/C17H18N2O5/c1-10-6-4-7-11(15(10)20)16(21)18-19-17(22)14-12(23-2)8-5-9-13(14)24-3/h4-9,20H,1-3H3,(H,18,21)(H,19,22). The average Bonchev–Trinajstić information content (AvgIpc) is 2.60. The Morgan fingerprint density at radius 2 is 1.46 bits per heavy atom. The molecule has 0 heterocycles. The molecule has 24 heavy (non-hydrogen) atoms. The monoisotopic (exact) mass is 330 g/mol. The minimum Gasteiger partial charge on any atom is -0.507 e. The Morgan fingerprint density at radius 3 is 2.04 bits per heavy atom. The maximum Gasteiger partial charge on any atom is 0.277 e. The van der Waals surface area contributed by atoms with Crippen LogP contribution >= 0.6 is 0 Å². The lowest BCUT2D eigenvalue weighted by molar-refractivity contribution is 0.0841. The van der Waals surface area contributed by atoms with Gasteiger partial charge in [-0.05, 0) is 30.7 Å². The van der Waals surface area contributed by atoms with Crippen LogP contribution in [0.2, 0.25) is 0 Å². The summed E-state index contributed by atoms with van der Waals surface area (Å²) in [6.45, 7) is 1.67.